The van der Waals surface area contributed by atoms with Gasteiger partial charge in [-0.1, -0.05) is 18.2 Å². The molecule has 1 aliphatic heterocycles. The van der Waals surface area contributed by atoms with Gasteiger partial charge in [0.25, 0.3) is 5.69 Å². The molecular weight excluding hydrogens is 564 g/mol. The molecular formula is C32H34N6O4S. The molecule has 11 heteroatoms. The van der Waals surface area contributed by atoms with Gasteiger partial charge in [0, 0.05) is 48.4 Å². The number of hydrogen-bond acceptors (Lipinski definition) is 6. The zero-order valence-corrected chi connectivity index (χ0v) is 25.6. The number of aryl methyl sites for hydroxylation is 3. The number of anilines is 1. The summed E-state index contributed by atoms with van der Waals surface area (Å²) in [6.45, 7) is 8.26. The minimum Gasteiger partial charge on any atom is -0.495 e. The van der Waals surface area contributed by atoms with Crippen LogP contribution in [0.15, 0.2) is 66.9 Å². The number of nitrogens with one attached hydrogen (secondary N) is 2. The van der Waals surface area contributed by atoms with E-state index in [-0.39, 0.29) is 30.1 Å². The Morgan fingerprint density at radius 2 is 1.91 bits per heavy atom. The van der Waals surface area contributed by atoms with Gasteiger partial charge in [-0.3, -0.25) is 19.9 Å². The Balaban J connectivity index is 1.52. The number of aromatic nitrogens is 2. The van der Waals surface area contributed by atoms with E-state index in [4.69, 9.17) is 17.0 Å². The number of carbonyl (C=O) groups excluding carboxylic acids is 1. The molecule has 2 N–H and O–H groups in total. The van der Waals surface area contributed by atoms with E-state index in [2.05, 4.69) is 21.7 Å². The topological polar surface area (TPSA) is 115 Å². The number of nitro groups is 1. The van der Waals surface area contributed by atoms with E-state index in [9.17, 15) is 14.9 Å². The minimum atomic E-state index is -0.417. The van der Waals surface area contributed by atoms with Crippen molar-refractivity contribution in [3.05, 3.63) is 111 Å². The molecule has 0 radical (unpaired) electrons. The highest BCUT2D eigenvalue weighted by Crippen LogP contribution is 2.42. The fourth-order valence-electron chi connectivity index (χ4n) is 5.71. The Labute approximate surface area is 255 Å². The molecule has 10 nitrogen and oxygen atoms in total. The summed E-state index contributed by atoms with van der Waals surface area (Å²) in [6.07, 6.45) is 1.97. The second-order valence-electron chi connectivity index (χ2n) is 10.7. The quantitative estimate of drug-likeness (QED) is 0.137. The second-order valence-corrected chi connectivity index (χ2v) is 11.1. The number of thiocarbonyl (C=S) groups is 1. The number of carbonyl (C=O) groups is 1. The maximum atomic E-state index is 13.1. The second kappa shape index (κ2) is 12.2. The van der Waals surface area contributed by atoms with Gasteiger partial charge >= 0.3 is 0 Å². The van der Waals surface area contributed by atoms with E-state index in [0.29, 0.717) is 23.1 Å². The minimum absolute atomic E-state index is 0.0311. The van der Waals surface area contributed by atoms with Gasteiger partial charge in [0.05, 0.1) is 35.5 Å². The third-order valence-corrected chi connectivity index (χ3v) is 8.20. The van der Waals surface area contributed by atoms with E-state index < -0.39 is 4.92 Å². The largest absolute Gasteiger partial charge is 0.495 e. The summed E-state index contributed by atoms with van der Waals surface area (Å²) in [7, 11) is 1.54. The van der Waals surface area contributed by atoms with Crippen molar-refractivity contribution in [3.63, 3.8) is 0 Å². The summed E-state index contributed by atoms with van der Waals surface area (Å²) in [5.41, 5.74) is 6.92. The van der Waals surface area contributed by atoms with Crippen molar-refractivity contribution >= 4 is 34.6 Å². The van der Waals surface area contributed by atoms with Crippen molar-refractivity contribution in [2.45, 2.75) is 46.2 Å². The van der Waals surface area contributed by atoms with Crippen LogP contribution in [0, 0.1) is 37.8 Å². The van der Waals surface area contributed by atoms with Crippen LogP contribution in [0.2, 0.25) is 0 Å². The number of nitro benzene ring substituents is 1. The first-order chi connectivity index (χ1) is 20.6. The van der Waals surface area contributed by atoms with Crippen molar-refractivity contribution in [1.82, 2.24) is 19.8 Å². The Morgan fingerprint density at radius 3 is 2.60 bits per heavy atom. The first kappa shape index (κ1) is 29.7. The van der Waals surface area contributed by atoms with E-state index in [1.807, 2.05) is 73.6 Å². The van der Waals surface area contributed by atoms with Crippen molar-refractivity contribution < 1.29 is 14.5 Å². The molecule has 3 heterocycles. The lowest BCUT2D eigenvalue weighted by Gasteiger charge is -2.28. The average Bonchev–Trinajstić information content (AvgIpc) is 3.47. The lowest BCUT2D eigenvalue weighted by atomic mass is 9.96. The van der Waals surface area contributed by atoms with E-state index in [1.54, 1.807) is 19.4 Å². The standard InChI is InChI=1S/C32H34N6O4S/c1-19-9-10-20(2)26(16-19)34-29(39)13-15-36-31(30(35-32(36)43)25-8-6-7-14-33-25)24-17-21(3)37(22(24)4)27-18-23(38(40)41)11-12-28(27)42-5/h6-12,14,16-18,30-31H,13,15H2,1-5H3,(H,34,39)(H,35,43)/t30-,31-/m0/s1. The highest BCUT2D eigenvalue weighted by Gasteiger charge is 2.41. The van der Waals surface area contributed by atoms with Gasteiger partial charge in [0.1, 0.15) is 5.75 Å². The fraction of sp³-hybridized carbons (Fsp3) is 0.281. The SMILES string of the molecule is COc1ccc([N+](=O)[O-])cc1-n1c(C)cc([C@H]2[C@H](c3ccccn3)NC(=S)N2CCC(=O)Nc2cc(C)ccc2C)c1C. The van der Waals surface area contributed by atoms with Crippen molar-refractivity contribution in [3.8, 4) is 11.4 Å². The van der Waals surface area contributed by atoms with Crippen molar-refractivity contribution in [2.24, 2.45) is 0 Å². The summed E-state index contributed by atoms with van der Waals surface area (Å²) in [4.78, 5) is 31.0. The molecule has 1 amide bonds. The molecule has 1 aliphatic rings. The number of pyridine rings is 1. The normalized spacial score (nSPS) is 16.2. The third-order valence-electron chi connectivity index (χ3n) is 7.85. The molecule has 43 heavy (non-hydrogen) atoms. The van der Waals surface area contributed by atoms with Crippen LogP contribution < -0.4 is 15.4 Å². The van der Waals surface area contributed by atoms with Crippen LogP contribution in [-0.2, 0) is 4.79 Å². The van der Waals surface area contributed by atoms with E-state index in [1.165, 1.54) is 12.1 Å². The summed E-state index contributed by atoms with van der Waals surface area (Å²) in [5, 5.41) is 18.6. The summed E-state index contributed by atoms with van der Waals surface area (Å²) >= 11 is 5.83. The molecule has 222 valence electrons. The monoisotopic (exact) mass is 598 g/mol. The number of rotatable bonds is 9. The predicted octanol–water partition coefficient (Wildman–Crippen LogP) is 6.02. The maximum Gasteiger partial charge on any atom is 0.271 e. The molecule has 0 aliphatic carbocycles. The molecule has 2 aromatic heterocycles. The molecule has 0 unspecified atom stereocenters. The Kier molecular flexibility index (Phi) is 8.45. The lowest BCUT2D eigenvalue weighted by molar-refractivity contribution is -0.384. The highest BCUT2D eigenvalue weighted by molar-refractivity contribution is 7.80. The average molecular weight is 599 g/mol. The number of hydrogen-bond donors (Lipinski definition) is 2. The molecule has 1 saturated heterocycles. The van der Waals surface area contributed by atoms with Crippen LogP contribution >= 0.6 is 12.2 Å². The number of ether oxygens (including phenoxy) is 1. The molecule has 0 saturated carbocycles. The number of benzene rings is 2. The lowest BCUT2D eigenvalue weighted by Crippen LogP contribution is -2.33. The fourth-order valence-corrected chi connectivity index (χ4v) is 6.05. The highest BCUT2D eigenvalue weighted by atomic mass is 32.1. The van der Waals surface area contributed by atoms with Crippen LogP contribution in [0.3, 0.4) is 0 Å². The van der Waals surface area contributed by atoms with Gasteiger partial charge < -0.3 is 24.8 Å². The van der Waals surface area contributed by atoms with Crippen LogP contribution in [0.1, 0.15) is 52.3 Å². The first-order valence-electron chi connectivity index (χ1n) is 14.0. The number of non-ortho nitro benzene ring substituents is 1. The Bertz CT molecular complexity index is 1700. The number of methoxy groups -OCH3 is 1. The van der Waals surface area contributed by atoms with E-state index in [0.717, 1.165) is 39.5 Å². The first-order valence-corrected chi connectivity index (χ1v) is 14.4. The van der Waals surface area contributed by atoms with E-state index >= 15 is 0 Å². The third kappa shape index (κ3) is 5.94. The molecule has 5 rings (SSSR count). The molecule has 4 aromatic rings. The Hall–Kier alpha value is -4.77. The molecule has 0 spiro atoms. The smallest absolute Gasteiger partial charge is 0.271 e. The summed E-state index contributed by atoms with van der Waals surface area (Å²) in [6, 6.07) is 17.8. The van der Waals surface area contributed by atoms with Gasteiger partial charge in [-0.05, 0) is 86.9 Å². The number of amides is 1. The van der Waals surface area contributed by atoms with Crippen molar-refractivity contribution in [1.29, 1.82) is 0 Å². The van der Waals surface area contributed by atoms with Crippen molar-refractivity contribution in [2.75, 3.05) is 19.0 Å². The number of nitrogens with zero attached hydrogens (tertiary/aromatic N) is 4. The predicted molar refractivity (Wildman–Crippen MR) is 170 cm³/mol. The van der Waals surface area contributed by atoms with Crippen LogP contribution in [0.5, 0.6) is 5.75 Å². The van der Waals surface area contributed by atoms with Crippen LogP contribution in [0.25, 0.3) is 5.69 Å². The maximum absolute atomic E-state index is 13.1. The van der Waals surface area contributed by atoms with Gasteiger partial charge in [0.2, 0.25) is 5.91 Å². The van der Waals surface area contributed by atoms with Gasteiger partial charge in [-0.25, -0.2) is 0 Å². The molecule has 1 fully saturated rings. The van der Waals surface area contributed by atoms with Crippen LogP contribution in [0.4, 0.5) is 11.4 Å². The zero-order chi connectivity index (χ0) is 30.8. The molecule has 2 aromatic carbocycles. The molecule has 0 bridgehead atoms. The Morgan fingerprint density at radius 1 is 1.12 bits per heavy atom. The molecule has 2 atom stereocenters. The summed E-state index contributed by atoms with van der Waals surface area (Å²) in [5.74, 6) is 0.406. The van der Waals surface area contributed by atoms with Crippen LogP contribution in [-0.4, -0.2) is 44.0 Å². The van der Waals surface area contributed by atoms with Gasteiger partial charge in [-0.15, -0.1) is 0 Å². The zero-order valence-electron chi connectivity index (χ0n) is 24.7. The summed E-state index contributed by atoms with van der Waals surface area (Å²) < 4.78 is 7.56. The van der Waals surface area contributed by atoms with Gasteiger partial charge in [0.15, 0.2) is 5.11 Å². The van der Waals surface area contributed by atoms with Gasteiger partial charge in [-0.2, -0.15) is 0 Å².